The molecule has 0 fully saturated rings. The fourth-order valence-corrected chi connectivity index (χ4v) is 2.32. The smallest absolute Gasteiger partial charge is 0.127 e. The lowest BCUT2D eigenvalue weighted by molar-refractivity contribution is 0.247. The van der Waals surface area contributed by atoms with Crippen molar-refractivity contribution in [3.05, 3.63) is 64.4 Å². The van der Waals surface area contributed by atoms with E-state index in [2.05, 4.69) is 0 Å². The van der Waals surface area contributed by atoms with Gasteiger partial charge in [-0.3, -0.25) is 4.90 Å². The normalized spacial score (nSPS) is 12.7. The molecule has 0 aliphatic heterocycles. The average molecular weight is 294 g/mol. The van der Waals surface area contributed by atoms with Crippen LogP contribution in [0.15, 0.2) is 42.5 Å². The van der Waals surface area contributed by atoms with E-state index in [4.69, 9.17) is 11.6 Å². The lowest BCUT2D eigenvalue weighted by Crippen LogP contribution is -2.22. The minimum atomic E-state index is -0.214. The lowest BCUT2D eigenvalue weighted by Gasteiger charge is -2.26. The van der Waals surface area contributed by atoms with Crippen molar-refractivity contribution in [1.82, 2.24) is 4.90 Å². The molecule has 2 nitrogen and oxygen atoms in total. The van der Waals surface area contributed by atoms with Crippen molar-refractivity contribution in [3.63, 3.8) is 0 Å². The van der Waals surface area contributed by atoms with Gasteiger partial charge in [-0.1, -0.05) is 29.8 Å². The monoisotopic (exact) mass is 293 g/mol. The molecule has 4 heteroatoms. The zero-order valence-corrected chi connectivity index (χ0v) is 12.2. The predicted molar refractivity (Wildman–Crippen MR) is 79.4 cm³/mol. The fraction of sp³-hybridized carbons (Fsp3) is 0.250. The van der Waals surface area contributed by atoms with E-state index < -0.39 is 0 Å². The van der Waals surface area contributed by atoms with Crippen molar-refractivity contribution in [3.8, 4) is 5.75 Å². The predicted octanol–water partition coefficient (Wildman–Crippen LogP) is 4.38. The molecule has 106 valence electrons. The Morgan fingerprint density at radius 1 is 1.25 bits per heavy atom. The summed E-state index contributed by atoms with van der Waals surface area (Å²) in [5.41, 5.74) is 1.46. The van der Waals surface area contributed by atoms with Crippen LogP contribution in [-0.4, -0.2) is 17.1 Å². The minimum Gasteiger partial charge on any atom is -0.508 e. The maximum Gasteiger partial charge on any atom is 0.127 e. The summed E-state index contributed by atoms with van der Waals surface area (Å²) in [5, 5.41) is 10.1. The van der Waals surface area contributed by atoms with Crippen molar-refractivity contribution in [2.45, 2.75) is 19.5 Å². The summed E-state index contributed by atoms with van der Waals surface area (Å²) in [4.78, 5) is 1.99. The van der Waals surface area contributed by atoms with Crippen molar-refractivity contribution < 1.29 is 9.50 Å². The number of rotatable bonds is 4. The van der Waals surface area contributed by atoms with Gasteiger partial charge in [-0.05, 0) is 43.8 Å². The Morgan fingerprint density at radius 2 is 1.95 bits per heavy atom. The van der Waals surface area contributed by atoms with Gasteiger partial charge in [0.1, 0.15) is 11.6 Å². The SMILES string of the molecule is CC(c1ccccc1F)N(C)Cc1cc(O)ccc1Cl. The molecule has 1 N–H and O–H groups in total. The Hall–Kier alpha value is -1.58. The molecule has 0 heterocycles. The summed E-state index contributed by atoms with van der Waals surface area (Å²) in [7, 11) is 1.90. The maximum atomic E-state index is 13.8. The number of aromatic hydroxyl groups is 1. The molecule has 0 saturated heterocycles. The van der Waals surface area contributed by atoms with Crippen LogP contribution in [0.2, 0.25) is 5.02 Å². The number of hydrogen-bond acceptors (Lipinski definition) is 2. The van der Waals surface area contributed by atoms with Crippen LogP contribution in [0.3, 0.4) is 0 Å². The summed E-state index contributed by atoms with van der Waals surface area (Å²) in [6, 6.07) is 11.5. The molecule has 0 aromatic heterocycles. The minimum absolute atomic E-state index is 0.0883. The van der Waals surface area contributed by atoms with E-state index in [1.54, 1.807) is 30.3 Å². The first-order valence-corrected chi connectivity index (χ1v) is 6.79. The molecule has 1 unspecified atom stereocenters. The first-order chi connectivity index (χ1) is 9.49. The maximum absolute atomic E-state index is 13.8. The van der Waals surface area contributed by atoms with E-state index in [0.717, 1.165) is 5.56 Å². The molecular formula is C16H17ClFNO. The molecule has 0 aliphatic carbocycles. The van der Waals surface area contributed by atoms with E-state index in [0.29, 0.717) is 17.1 Å². The summed E-state index contributed by atoms with van der Waals surface area (Å²) in [6.45, 7) is 2.47. The van der Waals surface area contributed by atoms with Crippen LogP contribution < -0.4 is 0 Å². The van der Waals surface area contributed by atoms with Gasteiger partial charge >= 0.3 is 0 Å². The number of halogens is 2. The van der Waals surface area contributed by atoms with Crippen LogP contribution in [0.5, 0.6) is 5.75 Å². The Labute approximate surface area is 123 Å². The number of nitrogens with zero attached hydrogens (tertiary/aromatic N) is 1. The second-order valence-electron chi connectivity index (χ2n) is 4.89. The Kier molecular flexibility index (Phi) is 4.63. The Morgan fingerprint density at radius 3 is 2.65 bits per heavy atom. The lowest BCUT2D eigenvalue weighted by atomic mass is 10.1. The summed E-state index contributed by atoms with van der Waals surface area (Å²) < 4.78 is 13.8. The van der Waals surface area contributed by atoms with Gasteiger partial charge in [0.05, 0.1) is 0 Å². The van der Waals surface area contributed by atoms with Gasteiger partial charge in [0.2, 0.25) is 0 Å². The van der Waals surface area contributed by atoms with Gasteiger partial charge in [-0.25, -0.2) is 4.39 Å². The topological polar surface area (TPSA) is 23.5 Å². The first kappa shape index (κ1) is 14.8. The van der Waals surface area contributed by atoms with Gasteiger partial charge in [0, 0.05) is 23.2 Å². The van der Waals surface area contributed by atoms with Crippen molar-refractivity contribution in [2.24, 2.45) is 0 Å². The molecule has 2 rings (SSSR count). The highest BCUT2D eigenvalue weighted by molar-refractivity contribution is 6.31. The van der Waals surface area contributed by atoms with Crippen LogP contribution >= 0.6 is 11.6 Å². The van der Waals surface area contributed by atoms with Gasteiger partial charge in [-0.15, -0.1) is 0 Å². The van der Waals surface area contributed by atoms with Crippen molar-refractivity contribution >= 4 is 11.6 Å². The van der Waals surface area contributed by atoms with Crippen LogP contribution in [0.4, 0.5) is 4.39 Å². The fourth-order valence-electron chi connectivity index (χ4n) is 2.14. The van der Waals surface area contributed by atoms with Crippen LogP contribution in [0.25, 0.3) is 0 Å². The van der Waals surface area contributed by atoms with Crippen molar-refractivity contribution in [2.75, 3.05) is 7.05 Å². The second kappa shape index (κ2) is 6.25. The highest BCUT2D eigenvalue weighted by atomic mass is 35.5. The number of hydrogen-bond donors (Lipinski definition) is 1. The molecule has 0 amide bonds. The van der Waals surface area contributed by atoms with Gasteiger partial charge in [-0.2, -0.15) is 0 Å². The molecular weight excluding hydrogens is 277 g/mol. The zero-order chi connectivity index (χ0) is 14.7. The van der Waals surface area contributed by atoms with Crippen LogP contribution in [0, 0.1) is 5.82 Å². The first-order valence-electron chi connectivity index (χ1n) is 6.41. The number of benzene rings is 2. The summed E-state index contributed by atoms with van der Waals surface area (Å²) in [6.07, 6.45) is 0. The highest BCUT2D eigenvalue weighted by Crippen LogP contribution is 2.27. The molecule has 0 saturated carbocycles. The standard InChI is InChI=1S/C16H17ClFNO/c1-11(14-5-3-4-6-16(14)18)19(2)10-12-9-13(20)7-8-15(12)17/h3-9,11,20H,10H2,1-2H3. The molecule has 0 spiro atoms. The van der Waals surface area contributed by atoms with E-state index in [1.165, 1.54) is 6.07 Å². The number of phenolic OH excluding ortho intramolecular Hbond substituents is 1. The average Bonchev–Trinajstić information content (AvgIpc) is 2.42. The van der Waals surface area contributed by atoms with Gasteiger partial charge in [0.25, 0.3) is 0 Å². The van der Waals surface area contributed by atoms with Gasteiger partial charge < -0.3 is 5.11 Å². The Bertz CT molecular complexity index is 603. The summed E-state index contributed by atoms with van der Waals surface area (Å²) in [5.74, 6) is -0.0369. The van der Waals surface area contributed by atoms with E-state index in [-0.39, 0.29) is 17.6 Å². The quantitative estimate of drug-likeness (QED) is 0.904. The highest BCUT2D eigenvalue weighted by Gasteiger charge is 2.16. The third kappa shape index (κ3) is 3.30. The van der Waals surface area contributed by atoms with E-state index in [1.807, 2.05) is 24.9 Å². The Balaban J connectivity index is 2.17. The largest absolute Gasteiger partial charge is 0.508 e. The van der Waals surface area contributed by atoms with Gasteiger partial charge in [0.15, 0.2) is 0 Å². The van der Waals surface area contributed by atoms with Crippen LogP contribution in [-0.2, 0) is 6.54 Å². The van der Waals surface area contributed by atoms with E-state index in [9.17, 15) is 9.50 Å². The van der Waals surface area contributed by atoms with Crippen molar-refractivity contribution in [1.29, 1.82) is 0 Å². The summed E-state index contributed by atoms with van der Waals surface area (Å²) >= 11 is 6.11. The zero-order valence-electron chi connectivity index (χ0n) is 11.5. The van der Waals surface area contributed by atoms with E-state index >= 15 is 0 Å². The number of phenols is 1. The molecule has 2 aromatic carbocycles. The molecule has 0 bridgehead atoms. The second-order valence-corrected chi connectivity index (χ2v) is 5.30. The van der Waals surface area contributed by atoms with Crippen LogP contribution in [0.1, 0.15) is 24.1 Å². The molecule has 0 radical (unpaired) electrons. The third-order valence-electron chi connectivity index (χ3n) is 3.47. The molecule has 2 aromatic rings. The third-order valence-corrected chi connectivity index (χ3v) is 3.83. The molecule has 1 atom stereocenters. The molecule has 20 heavy (non-hydrogen) atoms. The molecule has 0 aliphatic rings.